The first-order valence-corrected chi connectivity index (χ1v) is 11.5. The van der Waals surface area contributed by atoms with Gasteiger partial charge < -0.3 is 10.2 Å². The van der Waals surface area contributed by atoms with Crippen molar-refractivity contribution in [2.75, 3.05) is 32.7 Å². The van der Waals surface area contributed by atoms with Gasteiger partial charge in [0.1, 0.15) is 5.82 Å². The lowest BCUT2D eigenvalue weighted by Crippen LogP contribution is -2.53. The van der Waals surface area contributed by atoms with Gasteiger partial charge >= 0.3 is 0 Å². The predicted molar refractivity (Wildman–Crippen MR) is 111 cm³/mol. The number of rotatable bonds is 8. The molecule has 1 heterocycles. The third kappa shape index (κ3) is 6.12. The molecule has 1 aromatic carbocycles. The van der Waals surface area contributed by atoms with Crippen molar-refractivity contribution in [2.24, 2.45) is 5.92 Å². The fraction of sp³-hybridized carbons (Fsp3) is 0.632. The molecule has 0 aliphatic carbocycles. The van der Waals surface area contributed by atoms with Crippen molar-refractivity contribution in [1.29, 1.82) is 0 Å². The minimum atomic E-state index is -3.67. The Balaban J connectivity index is 1.86. The molecule has 1 aliphatic rings. The van der Waals surface area contributed by atoms with Crippen molar-refractivity contribution in [2.45, 2.75) is 44.4 Å². The predicted octanol–water partition coefficient (Wildman–Crippen LogP) is 3.22. The third-order valence-electron chi connectivity index (χ3n) is 5.04. The molecule has 1 aliphatic heterocycles. The van der Waals surface area contributed by atoms with Crippen molar-refractivity contribution in [3.05, 3.63) is 30.1 Å². The normalized spacial score (nSPS) is 16.9. The van der Waals surface area contributed by atoms with E-state index in [1.54, 1.807) is 0 Å². The van der Waals surface area contributed by atoms with E-state index in [1.807, 2.05) is 4.90 Å². The fourth-order valence-corrected chi connectivity index (χ4v) is 4.91. The average molecular weight is 416 g/mol. The molecule has 1 fully saturated rings. The summed E-state index contributed by atoms with van der Waals surface area (Å²) < 4.78 is 40.1. The fourth-order valence-electron chi connectivity index (χ4n) is 3.19. The number of nitrogens with one attached hydrogen (secondary N) is 1. The molecule has 1 aromatic rings. The first kappa shape index (κ1) is 22.0. The van der Waals surface area contributed by atoms with Crippen molar-refractivity contribution in [3.63, 3.8) is 0 Å². The van der Waals surface area contributed by atoms with Gasteiger partial charge in [-0.2, -0.15) is 4.31 Å². The minimum Gasteiger partial charge on any atom is -0.362 e. The summed E-state index contributed by atoms with van der Waals surface area (Å²) in [5, 5.41) is 4.03. The van der Waals surface area contributed by atoms with E-state index in [0.717, 1.165) is 19.0 Å². The molecule has 5 nitrogen and oxygen atoms in total. The Bertz CT molecular complexity index is 719. The standard InChI is InChI=1S/C19H30FN3O2S2/c1-3-5-7-16(4-2)15-21-19(26)22-10-12-23(13-11-22)27(24,25)18-9-6-8-17(20)14-18/h6,8-9,14,16H,3-5,7,10-13,15H2,1-2H3,(H,21,26)/t16-/m0/s1. The molecular weight excluding hydrogens is 385 g/mol. The number of sulfonamides is 1. The maximum absolute atomic E-state index is 13.4. The maximum atomic E-state index is 13.4. The lowest BCUT2D eigenvalue weighted by atomic mass is 9.99. The second kappa shape index (κ2) is 10.3. The van der Waals surface area contributed by atoms with E-state index in [2.05, 4.69) is 19.2 Å². The van der Waals surface area contributed by atoms with Gasteiger partial charge in [0.25, 0.3) is 0 Å². The zero-order valence-corrected chi connectivity index (χ0v) is 17.8. The molecule has 0 radical (unpaired) electrons. The number of nitrogens with zero attached hydrogens (tertiary/aromatic N) is 2. The second-order valence-electron chi connectivity index (χ2n) is 6.95. The summed E-state index contributed by atoms with van der Waals surface area (Å²) in [6, 6.07) is 5.15. The topological polar surface area (TPSA) is 52.6 Å². The van der Waals surface area contributed by atoms with E-state index in [-0.39, 0.29) is 4.90 Å². The SMILES string of the molecule is CCCC[C@H](CC)CNC(=S)N1CCN(S(=O)(=O)c2cccc(F)c2)CC1. The van der Waals surface area contributed by atoms with Crippen molar-refractivity contribution < 1.29 is 12.8 Å². The molecule has 0 aromatic heterocycles. The molecule has 1 saturated heterocycles. The van der Waals surface area contributed by atoms with Crippen molar-refractivity contribution in [1.82, 2.24) is 14.5 Å². The van der Waals surface area contributed by atoms with Crippen LogP contribution < -0.4 is 5.32 Å². The van der Waals surface area contributed by atoms with Crippen LogP contribution in [-0.2, 0) is 10.0 Å². The molecule has 1 N–H and O–H groups in total. The quantitative estimate of drug-likeness (QED) is 0.661. The molecule has 0 bridgehead atoms. The summed E-state index contributed by atoms with van der Waals surface area (Å²) in [5.41, 5.74) is 0. The molecule has 2 rings (SSSR count). The number of piperazine rings is 1. The first-order chi connectivity index (χ1) is 12.9. The van der Waals surface area contributed by atoms with E-state index in [4.69, 9.17) is 12.2 Å². The van der Waals surface area contributed by atoms with Crippen LogP contribution >= 0.6 is 12.2 Å². The highest BCUT2D eigenvalue weighted by Gasteiger charge is 2.29. The van der Waals surface area contributed by atoms with Crippen LogP contribution in [0.15, 0.2) is 29.2 Å². The van der Waals surface area contributed by atoms with Gasteiger partial charge in [0, 0.05) is 32.7 Å². The molecule has 0 saturated carbocycles. The second-order valence-corrected chi connectivity index (χ2v) is 9.28. The Hall–Kier alpha value is -1.25. The monoisotopic (exact) mass is 415 g/mol. The van der Waals surface area contributed by atoms with Gasteiger partial charge in [-0.1, -0.05) is 39.2 Å². The summed E-state index contributed by atoms with van der Waals surface area (Å²) in [7, 11) is -3.67. The Labute approximate surface area is 168 Å². The summed E-state index contributed by atoms with van der Waals surface area (Å²) in [5.74, 6) is 0.0613. The zero-order valence-electron chi connectivity index (χ0n) is 16.2. The van der Waals surface area contributed by atoms with Gasteiger partial charge in [-0.05, 0) is 42.8 Å². The van der Waals surface area contributed by atoms with Crippen LogP contribution in [0.25, 0.3) is 0 Å². The Kier molecular flexibility index (Phi) is 8.44. The average Bonchev–Trinajstić information content (AvgIpc) is 2.68. The van der Waals surface area contributed by atoms with Crippen LogP contribution in [0.1, 0.15) is 39.5 Å². The van der Waals surface area contributed by atoms with Gasteiger partial charge in [0.2, 0.25) is 10.0 Å². The molecular formula is C19H30FN3O2S2. The van der Waals surface area contributed by atoms with Gasteiger partial charge in [-0.25, -0.2) is 12.8 Å². The molecule has 152 valence electrons. The largest absolute Gasteiger partial charge is 0.362 e. The van der Waals surface area contributed by atoms with E-state index in [0.29, 0.717) is 37.2 Å². The molecule has 0 spiro atoms. The van der Waals surface area contributed by atoms with Crippen LogP contribution in [0.5, 0.6) is 0 Å². The number of halogens is 1. The molecule has 0 unspecified atom stereocenters. The Morgan fingerprint density at radius 1 is 1.26 bits per heavy atom. The van der Waals surface area contributed by atoms with E-state index >= 15 is 0 Å². The molecule has 1 atom stereocenters. The lowest BCUT2D eigenvalue weighted by molar-refractivity contribution is 0.262. The van der Waals surface area contributed by atoms with E-state index in [9.17, 15) is 12.8 Å². The highest BCUT2D eigenvalue weighted by Crippen LogP contribution is 2.18. The van der Waals surface area contributed by atoms with Crippen molar-refractivity contribution >= 4 is 27.4 Å². The number of hydrogen-bond acceptors (Lipinski definition) is 3. The van der Waals surface area contributed by atoms with E-state index in [1.165, 1.54) is 41.8 Å². The number of benzene rings is 1. The van der Waals surface area contributed by atoms with E-state index < -0.39 is 15.8 Å². The van der Waals surface area contributed by atoms with Gasteiger partial charge in [0.15, 0.2) is 5.11 Å². The Morgan fingerprint density at radius 2 is 1.96 bits per heavy atom. The summed E-state index contributed by atoms with van der Waals surface area (Å²) in [4.78, 5) is 2.01. The van der Waals surface area contributed by atoms with Crippen LogP contribution in [0.3, 0.4) is 0 Å². The highest BCUT2D eigenvalue weighted by atomic mass is 32.2. The van der Waals surface area contributed by atoms with Crippen LogP contribution in [0, 0.1) is 11.7 Å². The maximum Gasteiger partial charge on any atom is 0.243 e. The van der Waals surface area contributed by atoms with Crippen LogP contribution in [0.2, 0.25) is 0 Å². The number of hydrogen-bond donors (Lipinski definition) is 1. The van der Waals surface area contributed by atoms with Crippen molar-refractivity contribution in [3.8, 4) is 0 Å². The molecule has 0 amide bonds. The molecule has 8 heteroatoms. The number of unbranched alkanes of at least 4 members (excludes halogenated alkanes) is 1. The summed E-state index contributed by atoms with van der Waals surface area (Å²) in [6.45, 7) is 7.00. The first-order valence-electron chi connectivity index (χ1n) is 9.67. The minimum absolute atomic E-state index is 0.00152. The lowest BCUT2D eigenvalue weighted by Gasteiger charge is -2.35. The van der Waals surface area contributed by atoms with Crippen LogP contribution in [0.4, 0.5) is 4.39 Å². The Morgan fingerprint density at radius 3 is 2.56 bits per heavy atom. The summed E-state index contributed by atoms with van der Waals surface area (Å²) in [6.07, 6.45) is 4.74. The van der Waals surface area contributed by atoms with Crippen LogP contribution in [-0.4, -0.2) is 55.5 Å². The third-order valence-corrected chi connectivity index (χ3v) is 7.34. The molecule has 27 heavy (non-hydrogen) atoms. The summed E-state index contributed by atoms with van der Waals surface area (Å²) >= 11 is 5.49. The zero-order chi connectivity index (χ0) is 19.9. The van der Waals surface area contributed by atoms with Gasteiger partial charge in [-0.3, -0.25) is 0 Å². The van der Waals surface area contributed by atoms with Gasteiger partial charge in [0.05, 0.1) is 4.90 Å². The van der Waals surface area contributed by atoms with Gasteiger partial charge in [-0.15, -0.1) is 0 Å². The highest BCUT2D eigenvalue weighted by molar-refractivity contribution is 7.89. The number of thiocarbonyl (C=S) groups is 1. The smallest absolute Gasteiger partial charge is 0.243 e.